The van der Waals surface area contributed by atoms with E-state index in [1.165, 1.54) is 17.4 Å². The van der Waals surface area contributed by atoms with E-state index in [4.69, 9.17) is 0 Å². The van der Waals surface area contributed by atoms with Gasteiger partial charge in [0, 0.05) is 18.8 Å². The van der Waals surface area contributed by atoms with E-state index in [2.05, 4.69) is 41.4 Å². The van der Waals surface area contributed by atoms with Crippen LogP contribution in [0.25, 0.3) is 0 Å². The van der Waals surface area contributed by atoms with Crippen LogP contribution >= 0.6 is 0 Å². The van der Waals surface area contributed by atoms with E-state index in [0.29, 0.717) is 12.6 Å². The maximum absolute atomic E-state index is 11.1. The second kappa shape index (κ2) is 7.76. The Hall–Kier alpha value is -0.910. The summed E-state index contributed by atoms with van der Waals surface area (Å²) in [5, 5.41) is 3.33. The minimum atomic E-state index is -2.88. The van der Waals surface area contributed by atoms with Crippen molar-refractivity contribution in [3.05, 3.63) is 35.4 Å². The number of nitrogens with one attached hydrogen (secondary N) is 1. The molecular formula is C15H26N2O2S. The molecule has 0 aliphatic carbocycles. The van der Waals surface area contributed by atoms with E-state index in [9.17, 15) is 8.42 Å². The average molecular weight is 298 g/mol. The fourth-order valence-electron chi connectivity index (χ4n) is 2.15. The van der Waals surface area contributed by atoms with Crippen molar-refractivity contribution in [3.63, 3.8) is 0 Å². The summed E-state index contributed by atoms with van der Waals surface area (Å²) >= 11 is 0. The van der Waals surface area contributed by atoms with Crippen LogP contribution in [0.3, 0.4) is 0 Å². The number of rotatable bonds is 8. The van der Waals surface area contributed by atoms with Crippen molar-refractivity contribution in [1.29, 1.82) is 0 Å². The summed E-state index contributed by atoms with van der Waals surface area (Å²) < 4.78 is 22.3. The minimum absolute atomic E-state index is 0.220. The molecule has 1 rings (SSSR count). The molecule has 0 aromatic heterocycles. The second-order valence-corrected chi connectivity index (χ2v) is 7.74. The molecule has 1 aromatic rings. The van der Waals surface area contributed by atoms with Crippen molar-refractivity contribution in [2.24, 2.45) is 0 Å². The number of nitrogens with zero attached hydrogens (tertiary/aromatic N) is 1. The second-order valence-electron chi connectivity index (χ2n) is 5.48. The Morgan fingerprint density at radius 1 is 1.30 bits per heavy atom. The van der Waals surface area contributed by atoms with Gasteiger partial charge in [0.1, 0.15) is 9.84 Å². The molecule has 0 spiro atoms. The first kappa shape index (κ1) is 17.1. The zero-order valence-electron chi connectivity index (χ0n) is 12.9. The number of aryl methyl sites for hydroxylation is 1. The molecule has 0 aliphatic rings. The van der Waals surface area contributed by atoms with E-state index in [-0.39, 0.29) is 5.75 Å². The zero-order valence-corrected chi connectivity index (χ0v) is 13.7. The maximum atomic E-state index is 11.1. The van der Waals surface area contributed by atoms with Crippen LogP contribution in [-0.4, -0.2) is 52.5 Å². The van der Waals surface area contributed by atoms with E-state index in [1.807, 2.05) is 14.1 Å². The van der Waals surface area contributed by atoms with Gasteiger partial charge in [0.25, 0.3) is 0 Å². The van der Waals surface area contributed by atoms with Crippen LogP contribution in [0.2, 0.25) is 0 Å². The SMILES string of the molecule is CNC(CCN(C)CCS(C)(=O)=O)c1cccc(C)c1. The van der Waals surface area contributed by atoms with E-state index in [0.717, 1.165) is 13.0 Å². The van der Waals surface area contributed by atoms with Gasteiger partial charge in [-0.2, -0.15) is 0 Å². The summed E-state index contributed by atoms with van der Waals surface area (Å²) in [6.07, 6.45) is 2.24. The molecule has 0 amide bonds. The van der Waals surface area contributed by atoms with Crippen LogP contribution in [0.1, 0.15) is 23.6 Å². The highest BCUT2D eigenvalue weighted by molar-refractivity contribution is 7.90. The Labute approximate surface area is 123 Å². The third-order valence-corrected chi connectivity index (χ3v) is 4.36. The first-order chi connectivity index (χ1) is 9.31. The molecule has 0 saturated carbocycles. The molecule has 1 atom stereocenters. The first-order valence-corrected chi connectivity index (χ1v) is 8.98. The summed E-state index contributed by atoms with van der Waals surface area (Å²) in [4.78, 5) is 2.07. The molecule has 1 N–H and O–H groups in total. The van der Waals surface area contributed by atoms with Crippen LogP contribution < -0.4 is 5.32 Å². The van der Waals surface area contributed by atoms with Crippen molar-refractivity contribution in [3.8, 4) is 0 Å². The van der Waals surface area contributed by atoms with Crippen molar-refractivity contribution in [1.82, 2.24) is 10.2 Å². The van der Waals surface area contributed by atoms with Gasteiger partial charge in [-0.25, -0.2) is 8.42 Å². The monoisotopic (exact) mass is 298 g/mol. The summed E-state index contributed by atoms with van der Waals surface area (Å²) in [5.74, 6) is 0.220. The van der Waals surface area contributed by atoms with Gasteiger partial charge >= 0.3 is 0 Å². The van der Waals surface area contributed by atoms with Crippen LogP contribution in [0.15, 0.2) is 24.3 Å². The normalized spacial score (nSPS) is 13.7. The van der Waals surface area contributed by atoms with Crippen molar-refractivity contribution in [2.45, 2.75) is 19.4 Å². The van der Waals surface area contributed by atoms with Crippen LogP contribution in [0, 0.1) is 6.92 Å². The van der Waals surface area contributed by atoms with Gasteiger partial charge in [0.05, 0.1) is 5.75 Å². The zero-order chi connectivity index (χ0) is 15.2. The lowest BCUT2D eigenvalue weighted by Crippen LogP contribution is -2.29. The molecule has 0 heterocycles. The largest absolute Gasteiger partial charge is 0.313 e. The predicted octanol–water partition coefficient (Wildman–Crippen LogP) is 1.62. The van der Waals surface area contributed by atoms with Gasteiger partial charge in [-0.3, -0.25) is 0 Å². The highest BCUT2D eigenvalue weighted by atomic mass is 32.2. The quantitative estimate of drug-likeness (QED) is 0.792. The Balaban J connectivity index is 2.49. The highest BCUT2D eigenvalue weighted by Gasteiger charge is 2.11. The lowest BCUT2D eigenvalue weighted by Gasteiger charge is -2.21. The average Bonchev–Trinajstić information content (AvgIpc) is 2.36. The standard InChI is InChI=1S/C15H26N2O2S/c1-13-6-5-7-14(12-13)15(16-2)8-9-17(3)10-11-20(4,18)19/h5-7,12,15-16H,8-11H2,1-4H3. The maximum Gasteiger partial charge on any atom is 0.148 e. The number of sulfone groups is 1. The molecule has 5 heteroatoms. The minimum Gasteiger partial charge on any atom is -0.313 e. The van der Waals surface area contributed by atoms with E-state index >= 15 is 0 Å². The van der Waals surface area contributed by atoms with Gasteiger partial charge in [0.15, 0.2) is 0 Å². The molecule has 0 aliphatic heterocycles. The Bertz CT molecular complexity index is 514. The van der Waals surface area contributed by atoms with Crippen molar-refractivity contribution < 1.29 is 8.42 Å². The van der Waals surface area contributed by atoms with Crippen LogP contribution in [0.4, 0.5) is 0 Å². The first-order valence-electron chi connectivity index (χ1n) is 6.92. The molecule has 0 saturated heterocycles. The summed E-state index contributed by atoms with van der Waals surface area (Å²) in [5.41, 5.74) is 2.54. The van der Waals surface area contributed by atoms with Gasteiger partial charge in [-0.1, -0.05) is 29.8 Å². The summed E-state index contributed by atoms with van der Waals surface area (Å²) in [7, 11) is 1.05. The number of hydrogen-bond donors (Lipinski definition) is 1. The molecule has 20 heavy (non-hydrogen) atoms. The summed E-state index contributed by atoms with van der Waals surface area (Å²) in [6.45, 7) is 3.55. The van der Waals surface area contributed by atoms with Gasteiger partial charge in [-0.05, 0) is 39.5 Å². The highest BCUT2D eigenvalue weighted by Crippen LogP contribution is 2.17. The molecule has 1 aromatic carbocycles. The third-order valence-electron chi connectivity index (χ3n) is 3.44. The van der Waals surface area contributed by atoms with Crippen molar-refractivity contribution in [2.75, 3.05) is 39.2 Å². The Morgan fingerprint density at radius 3 is 2.55 bits per heavy atom. The fraction of sp³-hybridized carbons (Fsp3) is 0.600. The smallest absolute Gasteiger partial charge is 0.148 e. The number of hydrogen-bond acceptors (Lipinski definition) is 4. The summed E-state index contributed by atoms with van der Waals surface area (Å²) in [6, 6.07) is 8.79. The molecule has 0 bridgehead atoms. The molecule has 4 nitrogen and oxygen atoms in total. The van der Waals surface area contributed by atoms with E-state index < -0.39 is 9.84 Å². The van der Waals surface area contributed by atoms with Gasteiger partial charge in [0.2, 0.25) is 0 Å². The lowest BCUT2D eigenvalue weighted by atomic mass is 10.0. The van der Waals surface area contributed by atoms with Crippen molar-refractivity contribution >= 4 is 9.84 Å². The molecule has 114 valence electrons. The number of benzene rings is 1. The molecule has 0 fully saturated rings. The Morgan fingerprint density at radius 2 is 2.00 bits per heavy atom. The third kappa shape index (κ3) is 6.50. The molecule has 1 unspecified atom stereocenters. The van der Waals surface area contributed by atoms with Crippen LogP contribution in [0.5, 0.6) is 0 Å². The van der Waals surface area contributed by atoms with Gasteiger partial charge < -0.3 is 10.2 Å². The molecule has 0 radical (unpaired) electrons. The van der Waals surface area contributed by atoms with Gasteiger partial charge in [-0.15, -0.1) is 0 Å². The van der Waals surface area contributed by atoms with E-state index in [1.54, 1.807) is 0 Å². The van der Waals surface area contributed by atoms with Crippen LogP contribution in [-0.2, 0) is 9.84 Å². The fourth-order valence-corrected chi connectivity index (χ4v) is 2.79. The Kier molecular flexibility index (Phi) is 6.65. The predicted molar refractivity (Wildman–Crippen MR) is 84.8 cm³/mol. The topological polar surface area (TPSA) is 49.4 Å². The molecular weight excluding hydrogens is 272 g/mol. The lowest BCUT2D eigenvalue weighted by molar-refractivity contribution is 0.326.